The summed E-state index contributed by atoms with van der Waals surface area (Å²) < 4.78 is 0. The Morgan fingerprint density at radius 3 is 2.67 bits per heavy atom. The molecule has 0 aliphatic heterocycles. The van der Waals surface area contributed by atoms with Crippen molar-refractivity contribution in [3.05, 3.63) is 35.9 Å². The Labute approximate surface area is 92.8 Å². The summed E-state index contributed by atoms with van der Waals surface area (Å²) in [5.41, 5.74) is 5.92. The molecule has 0 fully saturated rings. The van der Waals surface area contributed by atoms with Crippen molar-refractivity contribution in [1.82, 2.24) is 5.32 Å². The Morgan fingerprint density at radius 2 is 2.07 bits per heavy atom. The predicted molar refractivity (Wildman–Crippen MR) is 62.4 cm³/mol. The van der Waals surface area contributed by atoms with Crippen LogP contribution in [-0.4, -0.2) is 23.4 Å². The first-order valence-electron chi connectivity index (χ1n) is 4.54. The maximum Gasteiger partial charge on any atom is 0.299 e. The van der Waals surface area contributed by atoms with Gasteiger partial charge < -0.3 is 5.32 Å². The number of carbonyl (C=O) groups excluding carboxylic acids is 1. The van der Waals surface area contributed by atoms with Crippen LogP contribution in [0.2, 0.25) is 0 Å². The summed E-state index contributed by atoms with van der Waals surface area (Å²) in [7, 11) is 0. The van der Waals surface area contributed by atoms with Gasteiger partial charge in [-0.2, -0.15) is 0 Å². The van der Waals surface area contributed by atoms with Crippen LogP contribution < -0.4 is 16.5 Å². The molecule has 0 aromatic heterocycles. The van der Waals surface area contributed by atoms with Gasteiger partial charge in [0.1, 0.15) is 0 Å². The van der Waals surface area contributed by atoms with E-state index in [0.29, 0.717) is 23.0 Å². The highest BCUT2D eigenvalue weighted by Gasteiger charge is 2.03. The van der Waals surface area contributed by atoms with E-state index in [1.807, 2.05) is 18.2 Å². The van der Waals surface area contributed by atoms with E-state index in [2.05, 4.69) is 5.32 Å². The van der Waals surface area contributed by atoms with Gasteiger partial charge in [0.25, 0.3) is 11.1 Å². The van der Waals surface area contributed by atoms with Crippen LogP contribution in [0.3, 0.4) is 0 Å². The third kappa shape index (κ3) is 4.51. The molecule has 0 aliphatic rings. The third-order valence-corrected chi connectivity index (χ3v) is 2.43. The Morgan fingerprint density at radius 1 is 1.40 bits per heavy atom. The molecule has 0 aliphatic carbocycles. The van der Waals surface area contributed by atoms with Crippen molar-refractivity contribution in [2.24, 2.45) is 5.73 Å². The Hall–Kier alpha value is -1.49. The average Bonchev–Trinajstić information content (AvgIpc) is 2.25. The number of nitrogens with two attached hydrogens (primary N) is 2. The lowest BCUT2D eigenvalue weighted by molar-refractivity contribution is -0.110. The molecule has 1 aromatic rings. The van der Waals surface area contributed by atoms with Crippen molar-refractivity contribution in [3.8, 4) is 0 Å². The molecular weight excluding hydrogens is 210 g/mol. The van der Waals surface area contributed by atoms with Crippen LogP contribution in [0, 0.1) is 0 Å². The largest absolute Gasteiger partial charge is 0.351 e. The predicted octanol–water partition coefficient (Wildman–Crippen LogP) is -0.777. The molecule has 0 bridgehead atoms. The number of amidine groups is 1. The maximum atomic E-state index is 11.5. The number of hydrogen-bond donors (Lipinski definition) is 3. The van der Waals surface area contributed by atoms with Crippen molar-refractivity contribution in [2.45, 2.75) is 0 Å². The first-order valence-corrected chi connectivity index (χ1v) is 5.52. The molecule has 1 amide bonds. The van der Waals surface area contributed by atoms with Gasteiger partial charge >= 0.3 is 0 Å². The Kier molecular flexibility index (Phi) is 4.70. The molecule has 0 radical (unpaired) electrons. The number of rotatable bonds is 4. The fourth-order valence-corrected chi connectivity index (χ4v) is 1.46. The van der Waals surface area contributed by atoms with E-state index in [-0.39, 0.29) is 5.91 Å². The van der Waals surface area contributed by atoms with Gasteiger partial charge in [-0.25, -0.2) is 0 Å². The lowest BCUT2D eigenvalue weighted by Gasteiger charge is -2.02. The van der Waals surface area contributed by atoms with Gasteiger partial charge in [0.15, 0.2) is 0 Å². The SMILES string of the molecule is NC(=[NH2+])SCCNC(=O)c1ccccc1. The number of benzene rings is 1. The van der Waals surface area contributed by atoms with E-state index in [4.69, 9.17) is 11.1 Å². The summed E-state index contributed by atoms with van der Waals surface area (Å²) in [6.07, 6.45) is 0. The van der Waals surface area contributed by atoms with E-state index in [1.165, 1.54) is 11.8 Å². The summed E-state index contributed by atoms with van der Waals surface area (Å²) in [6.45, 7) is 0.552. The second kappa shape index (κ2) is 6.08. The van der Waals surface area contributed by atoms with Crippen LogP contribution >= 0.6 is 11.8 Å². The highest BCUT2D eigenvalue weighted by atomic mass is 32.2. The Balaban J connectivity index is 2.28. The van der Waals surface area contributed by atoms with Crippen molar-refractivity contribution in [3.63, 3.8) is 0 Å². The lowest BCUT2D eigenvalue weighted by Crippen LogP contribution is -2.43. The zero-order valence-electron chi connectivity index (χ0n) is 8.27. The van der Waals surface area contributed by atoms with Gasteiger partial charge in [-0.05, 0) is 23.9 Å². The minimum atomic E-state index is -0.0770. The zero-order chi connectivity index (χ0) is 11.1. The third-order valence-electron chi connectivity index (χ3n) is 1.69. The van der Waals surface area contributed by atoms with Crippen molar-refractivity contribution < 1.29 is 10.2 Å². The monoisotopic (exact) mass is 224 g/mol. The van der Waals surface area contributed by atoms with Crippen LogP contribution in [0.25, 0.3) is 0 Å². The fourth-order valence-electron chi connectivity index (χ4n) is 1.03. The normalized spacial score (nSPS) is 9.60. The topological polar surface area (TPSA) is 80.7 Å². The smallest absolute Gasteiger partial charge is 0.299 e. The van der Waals surface area contributed by atoms with Crippen molar-refractivity contribution in [2.75, 3.05) is 12.3 Å². The van der Waals surface area contributed by atoms with Gasteiger partial charge in [0, 0.05) is 17.9 Å². The molecule has 5 heteroatoms. The number of amides is 1. The molecular formula is C10H14N3OS+. The highest BCUT2D eigenvalue weighted by Crippen LogP contribution is 1.98. The van der Waals surface area contributed by atoms with E-state index in [1.54, 1.807) is 12.1 Å². The van der Waals surface area contributed by atoms with Crippen LogP contribution in [0.15, 0.2) is 30.3 Å². The fraction of sp³-hybridized carbons (Fsp3) is 0.200. The van der Waals surface area contributed by atoms with Gasteiger partial charge in [-0.3, -0.25) is 15.9 Å². The summed E-state index contributed by atoms with van der Waals surface area (Å²) in [5.74, 6) is 0.604. The van der Waals surface area contributed by atoms with Crippen molar-refractivity contribution in [1.29, 1.82) is 0 Å². The molecule has 0 saturated carbocycles. The van der Waals surface area contributed by atoms with Gasteiger partial charge in [0.2, 0.25) is 0 Å². The first kappa shape index (κ1) is 11.6. The highest BCUT2D eigenvalue weighted by molar-refractivity contribution is 8.13. The van der Waals surface area contributed by atoms with Crippen LogP contribution in [0.4, 0.5) is 0 Å². The van der Waals surface area contributed by atoms with E-state index in [9.17, 15) is 4.79 Å². The summed E-state index contributed by atoms with van der Waals surface area (Å²) in [4.78, 5) is 11.5. The van der Waals surface area contributed by atoms with Crippen molar-refractivity contribution >= 4 is 22.8 Å². The van der Waals surface area contributed by atoms with Crippen LogP contribution in [0.5, 0.6) is 0 Å². The average molecular weight is 224 g/mol. The molecule has 0 unspecified atom stereocenters. The summed E-state index contributed by atoms with van der Waals surface area (Å²) in [5, 5.41) is 8.36. The summed E-state index contributed by atoms with van der Waals surface area (Å²) >= 11 is 1.33. The van der Waals surface area contributed by atoms with E-state index >= 15 is 0 Å². The van der Waals surface area contributed by atoms with Crippen LogP contribution in [0.1, 0.15) is 10.4 Å². The van der Waals surface area contributed by atoms with Gasteiger partial charge in [-0.15, -0.1) is 0 Å². The molecule has 1 rings (SSSR count). The van der Waals surface area contributed by atoms with Gasteiger partial charge in [-0.1, -0.05) is 18.2 Å². The lowest BCUT2D eigenvalue weighted by atomic mass is 10.2. The second-order valence-corrected chi connectivity index (χ2v) is 4.04. The molecule has 4 nitrogen and oxygen atoms in total. The first-order chi connectivity index (χ1) is 7.20. The number of nitrogens with one attached hydrogen (secondary N) is 1. The number of hydrogen-bond acceptors (Lipinski definition) is 2. The number of thioether (sulfide) groups is 1. The minimum Gasteiger partial charge on any atom is -0.351 e. The number of carbonyl (C=O) groups is 1. The molecule has 5 N–H and O–H groups in total. The molecule has 0 heterocycles. The van der Waals surface area contributed by atoms with Crippen LogP contribution in [-0.2, 0) is 0 Å². The zero-order valence-corrected chi connectivity index (χ0v) is 9.09. The molecule has 1 aromatic carbocycles. The quantitative estimate of drug-likeness (QED) is 0.357. The minimum absolute atomic E-state index is 0.0770. The molecule has 80 valence electrons. The van der Waals surface area contributed by atoms with Gasteiger partial charge in [0.05, 0.1) is 0 Å². The maximum absolute atomic E-state index is 11.5. The Bertz CT molecular complexity index is 340. The second-order valence-electron chi connectivity index (χ2n) is 2.87. The molecule has 0 atom stereocenters. The van der Waals surface area contributed by atoms with E-state index < -0.39 is 0 Å². The molecule has 15 heavy (non-hydrogen) atoms. The standard InChI is InChI=1S/C10H13N3OS/c11-10(12)15-7-6-13-9(14)8-4-2-1-3-5-8/h1-5H,6-7H2,(H3,11,12)(H,13,14)/p+1. The molecule has 0 saturated heterocycles. The van der Waals surface area contributed by atoms with E-state index in [0.717, 1.165) is 0 Å². The molecule has 0 spiro atoms. The summed E-state index contributed by atoms with van der Waals surface area (Å²) in [6, 6.07) is 9.07.